The standard InChI is InChI=1S/C62H110N4O14P2/c1-18-39(6)55(65(16)57(71)53(37(2)3)63-56(70)54(38(4)5)64(14)15)47(78-17)34-51(69)66-33-19-20-45(66)43(35-67)41(8)46(68)23-21-40(7)42-25-30-62(36-79-81(72,73)74)32-31-60(12)44(52(42)62)22-24-49-59(11)28-27-50(80-82(75,76)77)58(9,10)48(59)26-29-61(49,60)13/h37-39,41-45,47-50,52-55,67H,7,18-36H2,1-6,8-17H3,(H,63,70)(H2,72,73,74)(H2,75,76,77)/t39-,41+,42-,43+,44?,45?,47+,48-,49?,50-,52+,53-,54-,55-,59-,60+,61+,62+/m0/s1. The summed E-state index contributed by atoms with van der Waals surface area (Å²) in [6, 6.07) is -2.13. The van der Waals surface area contributed by atoms with Gasteiger partial charge in [-0.3, -0.25) is 33.1 Å². The molecule has 20 heteroatoms. The third-order valence-electron chi connectivity index (χ3n) is 23.8. The normalized spacial score (nSPS) is 34.4. The molecule has 3 amide bonds. The fraction of sp³-hybridized carbons (Fsp3) is 0.903. The number of hydrogen-bond acceptors (Lipinski definition) is 11. The molecule has 0 spiro atoms. The number of aliphatic hydroxyl groups excluding tert-OH is 1. The van der Waals surface area contributed by atoms with E-state index in [1.807, 2.05) is 72.4 Å². The molecule has 6 rings (SSSR count). The highest BCUT2D eigenvalue weighted by Gasteiger charge is 2.71. The summed E-state index contributed by atoms with van der Waals surface area (Å²) in [5.41, 5.74) is -0.303. The zero-order valence-corrected chi connectivity index (χ0v) is 54.8. The predicted molar refractivity (Wildman–Crippen MR) is 317 cm³/mol. The van der Waals surface area contributed by atoms with Gasteiger partial charge in [0.2, 0.25) is 17.7 Å². The van der Waals surface area contributed by atoms with E-state index in [4.69, 9.17) is 20.4 Å². The number of ketones is 1. The number of carbonyl (C=O) groups is 4. The highest BCUT2D eigenvalue weighted by molar-refractivity contribution is 7.46. The molecule has 1 saturated heterocycles. The van der Waals surface area contributed by atoms with Gasteiger partial charge in [0.1, 0.15) is 11.8 Å². The van der Waals surface area contributed by atoms with Gasteiger partial charge in [-0.15, -0.1) is 0 Å². The maximum absolute atomic E-state index is 14.6. The zero-order chi connectivity index (χ0) is 61.6. The lowest BCUT2D eigenvalue weighted by Gasteiger charge is -2.73. The summed E-state index contributed by atoms with van der Waals surface area (Å²) in [5, 5.41) is 14.2. The Morgan fingerprint density at radius 1 is 0.793 bits per heavy atom. The number of likely N-dealkylation sites (tertiary alicyclic amines) is 1. The molecule has 5 saturated carbocycles. The number of amides is 3. The van der Waals surface area contributed by atoms with Crippen LogP contribution in [0.15, 0.2) is 12.2 Å². The van der Waals surface area contributed by atoms with Crippen molar-refractivity contribution in [3.8, 4) is 0 Å². The van der Waals surface area contributed by atoms with Crippen molar-refractivity contribution in [3.05, 3.63) is 12.2 Å². The molecule has 6 fully saturated rings. The Balaban J connectivity index is 1.16. The molecule has 18 nitrogen and oxygen atoms in total. The largest absolute Gasteiger partial charge is 0.469 e. The van der Waals surface area contributed by atoms with Crippen LogP contribution in [-0.4, -0.2) is 147 Å². The average Bonchev–Trinajstić information content (AvgIpc) is 1.35. The van der Waals surface area contributed by atoms with Gasteiger partial charge < -0.3 is 44.5 Å². The lowest BCUT2D eigenvalue weighted by atomic mass is 9.32. The van der Waals surface area contributed by atoms with E-state index in [9.17, 15) is 53.0 Å². The van der Waals surface area contributed by atoms with Crippen LogP contribution >= 0.6 is 15.6 Å². The van der Waals surface area contributed by atoms with Gasteiger partial charge in [0.15, 0.2) is 0 Å². The first-order valence-electron chi connectivity index (χ1n) is 31.2. The molecule has 3 unspecified atom stereocenters. The van der Waals surface area contributed by atoms with E-state index in [-0.39, 0.29) is 107 Å². The number of ether oxygens (including phenoxy) is 1. The fourth-order valence-corrected chi connectivity index (χ4v) is 20.3. The van der Waals surface area contributed by atoms with Gasteiger partial charge in [-0.2, -0.15) is 0 Å². The van der Waals surface area contributed by atoms with Crippen LogP contribution in [0, 0.1) is 86.3 Å². The Labute approximate surface area is 492 Å². The molecule has 0 aromatic heterocycles. The number of fused-ring (bicyclic) bond motifs is 7. The topological polar surface area (TPSA) is 253 Å². The average molecular weight is 1200 g/mol. The fourth-order valence-electron chi connectivity index (χ4n) is 19.2. The second kappa shape index (κ2) is 26.3. The van der Waals surface area contributed by atoms with Gasteiger partial charge in [-0.25, -0.2) is 9.13 Å². The molecule has 1 heterocycles. The summed E-state index contributed by atoms with van der Waals surface area (Å²) in [6.07, 6.45) is 9.64. The molecule has 1 aliphatic heterocycles. The summed E-state index contributed by atoms with van der Waals surface area (Å²) in [6.45, 7) is 30.1. The van der Waals surface area contributed by atoms with Gasteiger partial charge in [0.25, 0.3) is 0 Å². The molecule has 6 N–H and O–H groups in total. The Kier molecular flexibility index (Phi) is 22.2. The lowest BCUT2D eigenvalue weighted by molar-refractivity contribution is -0.248. The Morgan fingerprint density at radius 3 is 2.01 bits per heavy atom. The van der Waals surface area contributed by atoms with E-state index in [1.165, 1.54) is 0 Å². The maximum atomic E-state index is 14.6. The van der Waals surface area contributed by atoms with Crippen molar-refractivity contribution in [1.29, 1.82) is 0 Å². The second-order valence-corrected chi connectivity index (χ2v) is 31.6. The number of nitrogens with one attached hydrogen (secondary N) is 1. The van der Waals surface area contributed by atoms with Crippen molar-refractivity contribution < 1.29 is 66.8 Å². The van der Waals surface area contributed by atoms with E-state index in [1.54, 1.807) is 19.1 Å². The predicted octanol–water partition coefficient (Wildman–Crippen LogP) is 9.80. The number of allylic oxidation sites excluding steroid dienone is 1. The number of aliphatic hydroxyl groups is 1. The molecule has 0 radical (unpaired) electrons. The van der Waals surface area contributed by atoms with Crippen molar-refractivity contribution in [1.82, 2.24) is 20.0 Å². The van der Waals surface area contributed by atoms with Crippen LogP contribution in [0.25, 0.3) is 0 Å². The number of phosphoric ester groups is 2. The van der Waals surface area contributed by atoms with E-state index in [2.05, 4.69) is 39.9 Å². The molecule has 0 bridgehead atoms. The van der Waals surface area contributed by atoms with Gasteiger partial charge >= 0.3 is 15.6 Å². The number of carbonyl (C=O) groups excluding carboxylic acids is 4. The highest BCUT2D eigenvalue weighted by atomic mass is 31.2. The van der Waals surface area contributed by atoms with Gasteiger partial charge in [-0.05, 0) is 172 Å². The van der Waals surface area contributed by atoms with Crippen LogP contribution < -0.4 is 5.32 Å². The maximum Gasteiger partial charge on any atom is 0.469 e. The Hall–Kier alpha value is -2.08. The lowest BCUT2D eigenvalue weighted by Crippen LogP contribution is -2.67. The zero-order valence-electron chi connectivity index (χ0n) is 53.0. The molecule has 5 aliphatic carbocycles. The summed E-state index contributed by atoms with van der Waals surface area (Å²) >= 11 is 0. The molecule has 6 aliphatic rings. The minimum Gasteiger partial charge on any atom is -0.396 e. The molecule has 18 atom stereocenters. The first-order chi connectivity index (χ1) is 37.9. The van der Waals surface area contributed by atoms with Crippen LogP contribution in [0.3, 0.4) is 0 Å². The first kappa shape index (κ1) is 69.0. The number of phosphoric acid groups is 2. The van der Waals surface area contributed by atoms with Crippen LogP contribution in [0.5, 0.6) is 0 Å². The van der Waals surface area contributed by atoms with E-state index in [0.29, 0.717) is 44.6 Å². The summed E-state index contributed by atoms with van der Waals surface area (Å²) in [7, 11) is -2.51. The van der Waals surface area contributed by atoms with E-state index >= 15 is 0 Å². The number of likely N-dealkylation sites (N-methyl/N-ethyl adjacent to an activating group) is 2. The summed E-state index contributed by atoms with van der Waals surface area (Å²) in [5.74, 6) is -1.30. The minimum atomic E-state index is -4.80. The number of rotatable bonds is 26. The van der Waals surface area contributed by atoms with Crippen molar-refractivity contribution in [3.63, 3.8) is 0 Å². The van der Waals surface area contributed by atoms with E-state index < -0.39 is 74.7 Å². The van der Waals surface area contributed by atoms with Crippen molar-refractivity contribution in [2.24, 2.45) is 86.3 Å². The monoisotopic (exact) mass is 1200 g/mol. The van der Waals surface area contributed by atoms with Gasteiger partial charge in [0.05, 0.1) is 37.3 Å². The second-order valence-electron chi connectivity index (χ2n) is 29.2. The van der Waals surface area contributed by atoms with Crippen LogP contribution in [0.2, 0.25) is 0 Å². The third-order valence-corrected chi connectivity index (χ3v) is 24.8. The Morgan fingerprint density at radius 2 is 1.45 bits per heavy atom. The quantitative estimate of drug-likeness (QED) is 0.0348. The van der Waals surface area contributed by atoms with Crippen LogP contribution in [-0.2, 0) is 42.1 Å². The number of Topliss-reactive ketones (excluding diaryl/α,β-unsaturated/α-hetero) is 1. The van der Waals surface area contributed by atoms with Crippen molar-refractivity contribution >= 4 is 39.2 Å². The molecular formula is C62H110N4O14P2. The first-order valence-corrected chi connectivity index (χ1v) is 34.3. The number of methoxy groups -OCH3 is 1. The molecule has 82 heavy (non-hydrogen) atoms. The smallest absolute Gasteiger partial charge is 0.396 e. The van der Waals surface area contributed by atoms with Gasteiger partial charge in [0, 0.05) is 51.6 Å². The van der Waals surface area contributed by atoms with Crippen molar-refractivity contribution in [2.45, 2.75) is 222 Å². The third kappa shape index (κ3) is 13.6. The molecular weight excluding hydrogens is 1090 g/mol. The van der Waals surface area contributed by atoms with E-state index in [0.717, 1.165) is 63.4 Å². The molecule has 472 valence electrons. The Bertz CT molecular complexity index is 2370. The number of nitrogens with zero attached hydrogens (tertiary/aromatic N) is 3. The van der Waals surface area contributed by atoms with Crippen LogP contribution in [0.4, 0.5) is 0 Å². The van der Waals surface area contributed by atoms with Crippen molar-refractivity contribution in [2.75, 3.05) is 48.0 Å². The number of hydrogen-bond donors (Lipinski definition) is 6. The minimum absolute atomic E-state index is 0.00594. The summed E-state index contributed by atoms with van der Waals surface area (Å²) in [4.78, 5) is 103. The summed E-state index contributed by atoms with van der Waals surface area (Å²) < 4.78 is 41.7. The molecule has 0 aromatic rings. The SMILES string of the molecule is C=C(CCC(=O)[C@H](C)[C@@H](CO)C1CCCN1C(=O)C[C@@H](OC)[C@H]([C@@H](C)CC)N(C)C(=O)[C@@H](NC(=O)[C@H](C(C)C)N(C)C)C(C)C)[C@@H]1CC[C@]2(COP(=O)(O)O)CC[C@]3(C)C(CCC4[C@@]5(C)CC[C@H](OP(=O)(O)O)C(C)(C)[C@@H]5CC[C@]43C)[C@@H]12. The van der Waals surface area contributed by atoms with Crippen LogP contribution in [0.1, 0.15) is 186 Å². The molecule has 0 aromatic carbocycles. The van der Waals surface area contributed by atoms with Gasteiger partial charge in [-0.1, -0.05) is 102 Å². The highest BCUT2D eigenvalue weighted by Crippen LogP contribution is 2.78.